The number of nitrogens with one attached hydrogen (secondary N) is 1. The molecule has 2 rings (SSSR count). The monoisotopic (exact) mass is 375 g/mol. The summed E-state index contributed by atoms with van der Waals surface area (Å²) in [6.07, 6.45) is 1.07. The summed E-state index contributed by atoms with van der Waals surface area (Å²) in [7, 11) is 3.41. The number of hydrogen-bond donors (Lipinski definition) is 1. The van der Waals surface area contributed by atoms with E-state index < -0.39 is 0 Å². The summed E-state index contributed by atoms with van der Waals surface area (Å²) in [4.78, 5) is 27.5. The molecule has 1 heterocycles. The van der Waals surface area contributed by atoms with Crippen LogP contribution in [-0.2, 0) is 4.79 Å². The van der Waals surface area contributed by atoms with Crippen molar-refractivity contribution < 1.29 is 9.59 Å². The van der Waals surface area contributed by atoms with E-state index in [4.69, 9.17) is 0 Å². The van der Waals surface area contributed by atoms with Crippen molar-refractivity contribution in [3.05, 3.63) is 29.8 Å². The Bertz CT molecular complexity index is 760. The van der Waals surface area contributed by atoms with Crippen LogP contribution in [0.2, 0.25) is 0 Å². The summed E-state index contributed by atoms with van der Waals surface area (Å²) >= 11 is 1.34. The van der Waals surface area contributed by atoms with E-state index in [1.165, 1.54) is 16.2 Å². The van der Waals surface area contributed by atoms with Gasteiger partial charge in [0.2, 0.25) is 11.0 Å². The Kier molecular flexibility index (Phi) is 7.08. The third-order valence-electron chi connectivity index (χ3n) is 3.69. The van der Waals surface area contributed by atoms with Gasteiger partial charge in [0.05, 0.1) is 0 Å². The van der Waals surface area contributed by atoms with E-state index in [2.05, 4.69) is 15.5 Å². The standard InChI is InChI=1S/C18H25N5O2S/c1-5-10-23(18(25)22(3)4)11-9-15(24)19-17-21-20-16(26-17)14-8-6-7-13(2)12-14/h6-8,12H,5,9-11H2,1-4H3,(H,19,21,24). The minimum Gasteiger partial charge on any atom is -0.331 e. The summed E-state index contributed by atoms with van der Waals surface area (Å²) < 4.78 is 0. The highest BCUT2D eigenvalue weighted by Gasteiger charge is 2.16. The van der Waals surface area contributed by atoms with Crippen LogP contribution in [0.15, 0.2) is 24.3 Å². The molecule has 3 amide bonds. The van der Waals surface area contributed by atoms with Crippen LogP contribution in [0, 0.1) is 6.92 Å². The zero-order valence-electron chi connectivity index (χ0n) is 15.7. The highest BCUT2D eigenvalue weighted by atomic mass is 32.1. The Balaban J connectivity index is 1.92. The number of aryl methyl sites for hydroxylation is 1. The van der Waals surface area contributed by atoms with Gasteiger partial charge in [-0.3, -0.25) is 4.79 Å². The number of anilines is 1. The number of nitrogens with zero attached hydrogens (tertiary/aromatic N) is 4. The zero-order valence-corrected chi connectivity index (χ0v) is 16.5. The van der Waals surface area contributed by atoms with E-state index in [-0.39, 0.29) is 18.4 Å². The molecule has 140 valence electrons. The van der Waals surface area contributed by atoms with Crippen LogP contribution >= 0.6 is 11.3 Å². The molecule has 0 unspecified atom stereocenters. The van der Waals surface area contributed by atoms with Crippen molar-refractivity contribution in [1.29, 1.82) is 0 Å². The first-order chi connectivity index (χ1) is 12.4. The number of benzene rings is 1. The fraction of sp³-hybridized carbons (Fsp3) is 0.444. The lowest BCUT2D eigenvalue weighted by Gasteiger charge is -2.25. The highest BCUT2D eigenvalue weighted by molar-refractivity contribution is 7.18. The van der Waals surface area contributed by atoms with Gasteiger partial charge in [-0.1, -0.05) is 42.0 Å². The minimum atomic E-state index is -0.176. The summed E-state index contributed by atoms with van der Waals surface area (Å²) in [6, 6.07) is 7.90. The van der Waals surface area contributed by atoms with Gasteiger partial charge in [-0.05, 0) is 19.4 Å². The minimum absolute atomic E-state index is 0.0858. The highest BCUT2D eigenvalue weighted by Crippen LogP contribution is 2.26. The van der Waals surface area contributed by atoms with E-state index in [0.717, 1.165) is 22.6 Å². The first-order valence-electron chi connectivity index (χ1n) is 8.57. The molecular weight excluding hydrogens is 350 g/mol. The van der Waals surface area contributed by atoms with Crippen molar-refractivity contribution in [2.45, 2.75) is 26.7 Å². The predicted molar refractivity (Wildman–Crippen MR) is 104 cm³/mol. The second-order valence-electron chi connectivity index (χ2n) is 6.24. The molecular formula is C18H25N5O2S. The van der Waals surface area contributed by atoms with Crippen LogP contribution in [0.1, 0.15) is 25.3 Å². The Hall–Kier alpha value is -2.48. The molecule has 1 aromatic carbocycles. The smallest absolute Gasteiger partial charge is 0.319 e. The lowest BCUT2D eigenvalue weighted by Crippen LogP contribution is -2.41. The molecule has 0 radical (unpaired) electrons. The van der Waals surface area contributed by atoms with Gasteiger partial charge in [0, 0.05) is 39.2 Å². The molecule has 0 spiro atoms. The van der Waals surface area contributed by atoms with Crippen LogP contribution in [0.5, 0.6) is 0 Å². The number of rotatable bonds is 7. The molecule has 0 atom stereocenters. The lowest BCUT2D eigenvalue weighted by atomic mass is 10.1. The molecule has 1 aromatic heterocycles. The van der Waals surface area contributed by atoms with E-state index in [0.29, 0.717) is 18.2 Å². The summed E-state index contributed by atoms with van der Waals surface area (Å²) in [5.41, 5.74) is 2.12. The number of carbonyl (C=O) groups is 2. The van der Waals surface area contributed by atoms with Gasteiger partial charge in [-0.2, -0.15) is 0 Å². The molecule has 0 saturated carbocycles. The van der Waals surface area contributed by atoms with Crippen LogP contribution in [0.3, 0.4) is 0 Å². The van der Waals surface area contributed by atoms with Gasteiger partial charge < -0.3 is 15.1 Å². The van der Waals surface area contributed by atoms with Crippen molar-refractivity contribution in [3.8, 4) is 10.6 Å². The molecule has 0 fully saturated rings. The van der Waals surface area contributed by atoms with Crippen molar-refractivity contribution >= 4 is 28.4 Å². The Morgan fingerprint density at radius 2 is 1.96 bits per heavy atom. The summed E-state index contributed by atoms with van der Waals surface area (Å²) in [6.45, 7) is 5.02. The van der Waals surface area contributed by atoms with Gasteiger partial charge in [0.15, 0.2) is 0 Å². The van der Waals surface area contributed by atoms with Gasteiger partial charge in [0.25, 0.3) is 0 Å². The van der Waals surface area contributed by atoms with Crippen molar-refractivity contribution in [3.63, 3.8) is 0 Å². The van der Waals surface area contributed by atoms with Crippen LogP contribution in [0.4, 0.5) is 9.93 Å². The molecule has 0 bridgehead atoms. The van der Waals surface area contributed by atoms with Crippen molar-refractivity contribution in [1.82, 2.24) is 20.0 Å². The van der Waals surface area contributed by atoms with E-state index in [9.17, 15) is 9.59 Å². The molecule has 8 heteroatoms. The Labute approximate surface area is 158 Å². The second kappa shape index (κ2) is 9.28. The Morgan fingerprint density at radius 1 is 1.19 bits per heavy atom. The van der Waals surface area contributed by atoms with Gasteiger partial charge in [-0.15, -0.1) is 10.2 Å². The third kappa shape index (κ3) is 5.52. The predicted octanol–water partition coefficient (Wildman–Crippen LogP) is 3.24. The second-order valence-corrected chi connectivity index (χ2v) is 7.22. The van der Waals surface area contributed by atoms with E-state index >= 15 is 0 Å². The number of aromatic nitrogens is 2. The molecule has 26 heavy (non-hydrogen) atoms. The van der Waals surface area contributed by atoms with Crippen molar-refractivity contribution in [2.75, 3.05) is 32.5 Å². The quantitative estimate of drug-likeness (QED) is 0.806. The van der Waals surface area contributed by atoms with Gasteiger partial charge >= 0.3 is 6.03 Å². The van der Waals surface area contributed by atoms with E-state index in [1.54, 1.807) is 19.0 Å². The molecule has 0 aliphatic heterocycles. The zero-order chi connectivity index (χ0) is 19.1. The Morgan fingerprint density at radius 3 is 2.62 bits per heavy atom. The molecule has 7 nitrogen and oxygen atoms in total. The molecule has 0 aliphatic rings. The average Bonchev–Trinajstić information content (AvgIpc) is 3.06. The van der Waals surface area contributed by atoms with E-state index in [1.807, 2.05) is 38.1 Å². The summed E-state index contributed by atoms with van der Waals surface area (Å²) in [5.74, 6) is -0.176. The van der Waals surface area contributed by atoms with Crippen LogP contribution in [0.25, 0.3) is 10.6 Å². The molecule has 0 saturated heterocycles. The summed E-state index contributed by atoms with van der Waals surface area (Å²) in [5, 5.41) is 12.2. The average molecular weight is 375 g/mol. The largest absolute Gasteiger partial charge is 0.331 e. The molecule has 0 aliphatic carbocycles. The van der Waals surface area contributed by atoms with Crippen LogP contribution < -0.4 is 5.32 Å². The molecule has 1 N–H and O–H groups in total. The maximum atomic E-state index is 12.2. The number of carbonyl (C=O) groups excluding carboxylic acids is 2. The third-order valence-corrected chi connectivity index (χ3v) is 4.58. The van der Waals surface area contributed by atoms with Crippen molar-refractivity contribution in [2.24, 2.45) is 0 Å². The number of amides is 3. The van der Waals surface area contributed by atoms with Crippen LogP contribution in [-0.4, -0.2) is 59.1 Å². The maximum absolute atomic E-state index is 12.2. The first-order valence-corrected chi connectivity index (χ1v) is 9.39. The lowest BCUT2D eigenvalue weighted by molar-refractivity contribution is -0.116. The fourth-order valence-electron chi connectivity index (χ4n) is 2.44. The molecule has 2 aromatic rings. The number of hydrogen-bond acceptors (Lipinski definition) is 5. The fourth-order valence-corrected chi connectivity index (χ4v) is 3.20. The van der Waals surface area contributed by atoms with Gasteiger partial charge in [-0.25, -0.2) is 4.79 Å². The number of urea groups is 1. The maximum Gasteiger partial charge on any atom is 0.319 e. The normalized spacial score (nSPS) is 10.5. The SMILES string of the molecule is CCCN(CCC(=O)Nc1nnc(-c2cccc(C)c2)s1)C(=O)N(C)C. The topological polar surface area (TPSA) is 78.4 Å². The first kappa shape index (κ1) is 19.8. The van der Waals surface area contributed by atoms with Gasteiger partial charge in [0.1, 0.15) is 5.01 Å².